The highest BCUT2D eigenvalue weighted by Crippen LogP contribution is 2.44. The summed E-state index contributed by atoms with van der Waals surface area (Å²) in [7, 11) is 3.29. The summed E-state index contributed by atoms with van der Waals surface area (Å²) in [6, 6.07) is 11.0. The number of benzene rings is 1. The van der Waals surface area contributed by atoms with Crippen molar-refractivity contribution in [1.29, 1.82) is 0 Å². The molecular weight excluding hydrogens is 761 g/mol. The molecule has 0 spiro atoms. The normalized spacial score (nSPS) is 19.2. The molecule has 0 unspecified atom stereocenters. The molecule has 5 aromatic rings. The molecule has 2 amide bonds. The highest BCUT2D eigenvalue weighted by molar-refractivity contribution is 6.35. The second-order valence-electron chi connectivity index (χ2n) is 14.7. The van der Waals surface area contributed by atoms with E-state index >= 15 is 0 Å². The predicted molar refractivity (Wildman–Crippen MR) is 208 cm³/mol. The van der Waals surface area contributed by atoms with E-state index in [1.807, 2.05) is 54.2 Å². The van der Waals surface area contributed by atoms with Gasteiger partial charge < -0.3 is 35.9 Å². The topological polar surface area (TPSA) is 160 Å². The molecule has 298 valence electrons. The highest BCUT2D eigenvalue weighted by atomic mass is 35.5. The van der Waals surface area contributed by atoms with Crippen LogP contribution in [-0.2, 0) is 42.3 Å². The smallest absolute Gasteiger partial charge is 0.437 e. The third kappa shape index (κ3) is 7.98. The van der Waals surface area contributed by atoms with E-state index in [0.717, 1.165) is 39.7 Å². The summed E-state index contributed by atoms with van der Waals surface area (Å²) in [5.74, 6) is -0.404. The predicted octanol–water partition coefficient (Wildman–Crippen LogP) is 5.61. The second kappa shape index (κ2) is 15.9. The average molecular weight is 803 g/mol. The first-order chi connectivity index (χ1) is 27.5. The molecule has 1 aromatic carbocycles. The minimum absolute atomic E-state index is 0.0135. The number of rotatable bonds is 13. The standard InChI is InChI=1S/C40H42ClF3N10O3/c1-54-20-21(16-45-17-22-6-12-32(55)48-22)24-8-10-30(52-38(24)54)28-14-15-47-35(34(28)41)27-5-3-4-26-25(27)9-11-29(26)51-37-36(40(42,43)44)50-31(39(53-37)57-2)19-46-18-23-7-13-33(56)49-23/h3-5,8,10,14-15,20,22-23,29,45-46H,6-7,9,11-13,16-19H2,1-2H3,(H,48,55)(H,49,56)(H,51,53)/t22-,23-,29-/m0/s1. The van der Waals surface area contributed by atoms with Gasteiger partial charge in [-0.3, -0.25) is 14.6 Å². The number of hydrogen-bond acceptors (Lipinski definition) is 10. The number of carbonyl (C=O) groups is 2. The van der Waals surface area contributed by atoms with Crippen molar-refractivity contribution < 1.29 is 27.5 Å². The number of aromatic nitrogens is 5. The lowest BCUT2D eigenvalue weighted by Crippen LogP contribution is -2.35. The van der Waals surface area contributed by atoms with E-state index in [2.05, 4.69) is 41.5 Å². The Morgan fingerprint density at radius 1 is 0.912 bits per heavy atom. The molecule has 57 heavy (non-hydrogen) atoms. The van der Waals surface area contributed by atoms with Gasteiger partial charge in [-0.2, -0.15) is 18.2 Å². The van der Waals surface area contributed by atoms with Crippen LogP contribution in [0.2, 0.25) is 5.02 Å². The first kappa shape index (κ1) is 38.5. The fourth-order valence-electron chi connectivity index (χ4n) is 8.08. The van der Waals surface area contributed by atoms with Gasteiger partial charge in [-0.05, 0) is 60.6 Å². The number of alkyl halides is 3. The van der Waals surface area contributed by atoms with Crippen LogP contribution in [-0.4, -0.2) is 68.6 Å². The summed E-state index contributed by atoms with van der Waals surface area (Å²) < 4.78 is 50.8. The number of pyridine rings is 2. The molecule has 8 rings (SSSR count). The number of amides is 2. The largest absolute Gasteiger partial charge is 0.480 e. The molecular formula is C40H42ClF3N10O3. The van der Waals surface area contributed by atoms with E-state index in [-0.39, 0.29) is 42.0 Å². The van der Waals surface area contributed by atoms with Gasteiger partial charge >= 0.3 is 6.18 Å². The molecule has 2 fully saturated rings. The first-order valence-corrected chi connectivity index (χ1v) is 19.4. The lowest BCUT2D eigenvalue weighted by molar-refractivity contribution is -0.141. The Hall–Kier alpha value is -5.32. The number of methoxy groups -OCH3 is 1. The maximum atomic E-state index is 14.5. The molecule has 0 saturated carbocycles. The number of aryl methyl sites for hydroxylation is 1. The van der Waals surface area contributed by atoms with Crippen LogP contribution in [0.25, 0.3) is 33.5 Å². The molecule has 6 heterocycles. The summed E-state index contributed by atoms with van der Waals surface area (Å²) >= 11 is 7.14. The van der Waals surface area contributed by atoms with Crippen LogP contribution in [0.3, 0.4) is 0 Å². The zero-order valence-corrected chi connectivity index (χ0v) is 32.2. The summed E-state index contributed by atoms with van der Waals surface area (Å²) in [5, 5.41) is 16.8. The summed E-state index contributed by atoms with van der Waals surface area (Å²) in [5.41, 5.74) is 5.21. The van der Waals surface area contributed by atoms with Gasteiger partial charge in [-0.15, -0.1) is 0 Å². The van der Waals surface area contributed by atoms with Crippen LogP contribution in [0.5, 0.6) is 5.88 Å². The number of nitrogens with zero attached hydrogens (tertiary/aromatic N) is 5. The van der Waals surface area contributed by atoms with Crippen LogP contribution in [0.15, 0.2) is 48.8 Å². The van der Waals surface area contributed by atoms with Crippen molar-refractivity contribution in [1.82, 2.24) is 45.8 Å². The van der Waals surface area contributed by atoms with Crippen LogP contribution in [0.1, 0.15) is 66.2 Å². The molecule has 17 heteroatoms. The number of halogens is 4. The molecule has 5 N–H and O–H groups in total. The molecule has 1 aliphatic carbocycles. The van der Waals surface area contributed by atoms with Gasteiger partial charge in [0, 0.05) is 87.1 Å². The maximum Gasteiger partial charge on any atom is 0.437 e. The summed E-state index contributed by atoms with van der Waals surface area (Å²) in [6.45, 7) is 1.67. The lowest BCUT2D eigenvalue weighted by Gasteiger charge is -2.21. The van der Waals surface area contributed by atoms with Crippen molar-refractivity contribution in [3.63, 3.8) is 0 Å². The van der Waals surface area contributed by atoms with Gasteiger partial charge in [0.15, 0.2) is 11.5 Å². The quantitative estimate of drug-likeness (QED) is 0.101. The van der Waals surface area contributed by atoms with Crippen molar-refractivity contribution in [3.8, 4) is 28.4 Å². The lowest BCUT2D eigenvalue weighted by atomic mass is 9.98. The molecule has 0 bridgehead atoms. The van der Waals surface area contributed by atoms with Gasteiger partial charge in [0.05, 0.1) is 29.6 Å². The average Bonchev–Trinajstić information content (AvgIpc) is 3.98. The Labute approximate surface area is 331 Å². The Bertz CT molecular complexity index is 2350. The maximum absolute atomic E-state index is 14.5. The van der Waals surface area contributed by atoms with Crippen molar-refractivity contribution >= 4 is 40.3 Å². The van der Waals surface area contributed by atoms with E-state index < -0.39 is 23.7 Å². The van der Waals surface area contributed by atoms with Crippen molar-refractivity contribution in [2.24, 2.45) is 7.05 Å². The third-order valence-corrected chi connectivity index (χ3v) is 11.2. The van der Waals surface area contributed by atoms with Gasteiger partial charge in [0.2, 0.25) is 17.7 Å². The number of nitrogens with one attached hydrogen (secondary N) is 5. The minimum Gasteiger partial charge on any atom is -0.480 e. The molecule has 0 radical (unpaired) electrons. The molecule has 2 aliphatic heterocycles. The molecule has 13 nitrogen and oxygen atoms in total. The van der Waals surface area contributed by atoms with E-state index in [0.29, 0.717) is 73.7 Å². The number of fused-ring (bicyclic) bond motifs is 2. The van der Waals surface area contributed by atoms with Crippen LogP contribution >= 0.6 is 11.6 Å². The van der Waals surface area contributed by atoms with E-state index in [1.54, 1.807) is 6.20 Å². The van der Waals surface area contributed by atoms with Gasteiger partial charge in [0.1, 0.15) is 11.3 Å². The third-order valence-electron chi connectivity index (χ3n) is 10.9. The first-order valence-electron chi connectivity index (χ1n) is 19.0. The zero-order chi connectivity index (χ0) is 39.8. The minimum atomic E-state index is -4.79. The van der Waals surface area contributed by atoms with Crippen LogP contribution < -0.4 is 31.3 Å². The number of anilines is 1. The second-order valence-corrected chi connectivity index (χ2v) is 15.1. The monoisotopic (exact) mass is 802 g/mol. The number of hydrogen-bond donors (Lipinski definition) is 5. The van der Waals surface area contributed by atoms with Gasteiger partial charge in [-0.25, -0.2) is 9.97 Å². The van der Waals surface area contributed by atoms with Crippen LogP contribution in [0, 0.1) is 0 Å². The Kier molecular flexibility index (Phi) is 10.8. The number of ether oxygens (including phenoxy) is 1. The Morgan fingerprint density at radius 3 is 2.33 bits per heavy atom. The Balaban J connectivity index is 1.02. The number of carbonyl (C=O) groups excluding carboxylic acids is 2. The van der Waals surface area contributed by atoms with Crippen molar-refractivity contribution in [2.75, 3.05) is 25.5 Å². The fraction of sp³-hybridized carbons (Fsp3) is 0.400. The van der Waals surface area contributed by atoms with Crippen molar-refractivity contribution in [2.45, 2.75) is 75.9 Å². The zero-order valence-electron chi connectivity index (χ0n) is 31.4. The molecule has 3 atom stereocenters. The Morgan fingerprint density at radius 2 is 1.65 bits per heavy atom. The highest BCUT2D eigenvalue weighted by Gasteiger charge is 2.39. The molecule has 3 aliphatic rings. The van der Waals surface area contributed by atoms with Gasteiger partial charge in [-0.1, -0.05) is 29.8 Å². The molecule has 4 aromatic heterocycles. The van der Waals surface area contributed by atoms with E-state index in [1.165, 1.54) is 7.11 Å². The van der Waals surface area contributed by atoms with E-state index in [4.69, 9.17) is 21.3 Å². The SMILES string of the molecule is COc1nc(N[C@H]2CCc3c(-c4nccc(-c5ccc6c(CNC[C@@H]7CCC(=O)N7)cn(C)c6n5)c4Cl)cccc32)c(C(F)(F)F)nc1CNC[C@@H]1CCC(=O)N1. The summed E-state index contributed by atoms with van der Waals surface area (Å²) in [6.07, 6.45) is 2.47. The van der Waals surface area contributed by atoms with Gasteiger partial charge in [0.25, 0.3) is 0 Å². The van der Waals surface area contributed by atoms with E-state index in [9.17, 15) is 22.8 Å². The van der Waals surface area contributed by atoms with Crippen molar-refractivity contribution in [3.05, 3.63) is 81.9 Å². The fourth-order valence-corrected chi connectivity index (χ4v) is 8.39. The van der Waals surface area contributed by atoms with Crippen LogP contribution in [0.4, 0.5) is 19.0 Å². The molecule has 2 saturated heterocycles. The summed E-state index contributed by atoms with van der Waals surface area (Å²) in [4.78, 5) is 41.0.